The summed E-state index contributed by atoms with van der Waals surface area (Å²) in [4.78, 5) is 11.0. The summed E-state index contributed by atoms with van der Waals surface area (Å²) in [6.45, 7) is 1.11. The lowest BCUT2D eigenvalue weighted by Gasteiger charge is -2.24. The molecule has 16 heavy (non-hydrogen) atoms. The molecule has 1 aliphatic heterocycles. The molecule has 1 fully saturated rings. The molecule has 1 aromatic rings. The Morgan fingerprint density at radius 3 is 3.00 bits per heavy atom. The van der Waals surface area contributed by atoms with Crippen LogP contribution in [0, 0.1) is 0 Å². The Balaban J connectivity index is 1.80. The molecular formula is C10H15N3O3. The van der Waals surface area contributed by atoms with Gasteiger partial charge in [0, 0.05) is 6.54 Å². The largest absolute Gasteiger partial charge is 0.462 e. The van der Waals surface area contributed by atoms with Crippen molar-refractivity contribution in [1.82, 2.24) is 16.0 Å². The smallest absolute Gasteiger partial charge is 0.316 e. The van der Waals surface area contributed by atoms with E-state index in [1.807, 2.05) is 0 Å². The highest BCUT2D eigenvalue weighted by atomic mass is 16.4. The second-order valence-electron chi connectivity index (χ2n) is 3.65. The van der Waals surface area contributed by atoms with Crippen molar-refractivity contribution in [3.8, 4) is 0 Å². The molecule has 2 amide bonds. The van der Waals surface area contributed by atoms with Crippen molar-refractivity contribution in [3.05, 3.63) is 23.7 Å². The van der Waals surface area contributed by atoms with Crippen LogP contribution in [0.25, 0.3) is 0 Å². The molecule has 88 valence electrons. The summed E-state index contributed by atoms with van der Waals surface area (Å²) >= 11 is 0. The van der Waals surface area contributed by atoms with Gasteiger partial charge in [-0.25, -0.2) is 4.79 Å². The van der Waals surface area contributed by atoms with Crippen molar-refractivity contribution in [3.63, 3.8) is 0 Å². The number of amides is 2. The van der Waals surface area contributed by atoms with E-state index in [0.29, 0.717) is 18.8 Å². The molecule has 1 aromatic heterocycles. The Bertz CT molecular complexity index is 364. The minimum atomic E-state index is -0.153. The monoisotopic (exact) mass is 225 g/mol. The molecule has 0 bridgehead atoms. The van der Waals surface area contributed by atoms with Crippen LogP contribution >= 0.6 is 0 Å². The van der Waals surface area contributed by atoms with Crippen LogP contribution in [-0.4, -0.2) is 23.8 Å². The maximum atomic E-state index is 11.0. The molecule has 2 heterocycles. The van der Waals surface area contributed by atoms with E-state index in [9.17, 15) is 4.79 Å². The number of aliphatic hydroxyl groups is 1. The second kappa shape index (κ2) is 5.00. The highest BCUT2D eigenvalue weighted by molar-refractivity contribution is 5.74. The second-order valence-corrected chi connectivity index (χ2v) is 3.65. The van der Waals surface area contributed by atoms with E-state index in [2.05, 4.69) is 16.0 Å². The summed E-state index contributed by atoms with van der Waals surface area (Å²) < 4.78 is 5.31. The van der Waals surface area contributed by atoms with Crippen LogP contribution in [-0.2, 0) is 13.2 Å². The third-order valence-corrected chi connectivity index (χ3v) is 2.42. The molecule has 1 unspecified atom stereocenters. The number of nitrogens with one attached hydrogen (secondary N) is 3. The van der Waals surface area contributed by atoms with Gasteiger partial charge in [0.15, 0.2) is 0 Å². The van der Waals surface area contributed by atoms with E-state index in [-0.39, 0.29) is 18.8 Å². The Morgan fingerprint density at radius 2 is 2.31 bits per heavy atom. The molecule has 0 aliphatic carbocycles. The fourth-order valence-electron chi connectivity index (χ4n) is 1.59. The van der Waals surface area contributed by atoms with E-state index in [1.165, 1.54) is 0 Å². The Kier molecular flexibility index (Phi) is 3.43. The normalized spacial score (nSPS) is 20.3. The number of carbonyl (C=O) groups excluding carboxylic acids is 1. The molecule has 0 radical (unpaired) electrons. The summed E-state index contributed by atoms with van der Waals surface area (Å²) in [6.07, 6.45) is 0.802. The minimum Gasteiger partial charge on any atom is -0.462 e. The zero-order chi connectivity index (χ0) is 11.4. The summed E-state index contributed by atoms with van der Waals surface area (Å²) in [5.41, 5.74) is 0. The number of hydrogen-bond donors (Lipinski definition) is 4. The number of hydrogen-bond acceptors (Lipinski definition) is 4. The molecule has 0 aromatic carbocycles. The summed E-state index contributed by atoms with van der Waals surface area (Å²) in [5.74, 6) is 1.29. The molecule has 2 rings (SSSR count). The van der Waals surface area contributed by atoms with Crippen molar-refractivity contribution in [1.29, 1.82) is 0 Å². The summed E-state index contributed by atoms with van der Waals surface area (Å²) in [6, 6.07) is 3.39. The number of urea groups is 1. The molecule has 4 N–H and O–H groups in total. The van der Waals surface area contributed by atoms with Crippen LogP contribution in [0.2, 0.25) is 0 Å². The number of carbonyl (C=O) groups is 1. The fraction of sp³-hybridized carbons (Fsp3) is 0.500. The lowest BCUT2D eigenvalue weighted by Crippen LogP contribution is -2.55. The van der Waals surface area contributed by atoms with Crippen LogP contribution in [0.3, 0.4) is 0 Å². The molecule has 1 saturated heterocycles. The fourth-order valence-corrected chi connectivity index (χ4v) is 1.59. The van der Waals surface area contributed by atoms with Crippen molar-refractivity contribution >= 4 is 6.03 Å². The van der Waals surface area contributed by atoms with Crippen LogP contribution in [0.1, 0.15) is 17.9 Å². The van der Waals surface area contributed by atoms with Crippen LogP contribution in [0.15, 0.2) is 16.5 Å². The van der Waals surface area contributed by atoms with Gasteiger partial charge in [-0.1, -0.05) is 0 Å². The third-order valence-electron chi connectivity index (χ3n) is 2.42. The van der Waals surface area contributed by atoms with E-state index >= 15 is 0 Å². The molecule has 6 nitrogen and oxygen atoms in total. The van der Waals surface area contributed by atoms with Gasteiger partial charge in [-0.3, -0.25) is 5.32 Å². The van der Waals surface area contributed by atoms with Crippen LogP contribution in [0.4, 0.5) is 4.79 Å². The van der Waals surface area contributed by atoms with Crippen molar-refractivity contribution in [2.75, 3.05) is 6.54 Å². The Hall–Kier alpha value is -1.53. The van der Waals surface area contributed by atoms with Gasteiger partial charge in [0.2, 0.25) is 0 Å². The SMILES string of the molecule is O=C1NCCC(NCc2ccc(CO)o2)N1. The summed E-state index contributed by atoms with van der Waals surface area (Å²) in [7, 11) is 0. The first kappa shape index (κ1) is 11.0. The topological polar surface area (TPSA) is 86.5 Å². The van der Waals surface area contributed by atoms with Crippen molar-refractivity contribution < 1.29 is 14.3 Å². The third kappa shape index (κ3) is 2.74. The Labute approximate surface area is 93.0 Å². The van der Waals surface area contributed by atoms with Gasteiger partial charge >= 0.3 is 6.03 Å². The highest BCUT2D eigenvalue weighted by Gasteiger charge is 2.16. The van der Waals surface area contributed by atoms with Crippen molar-refractivity contribution in [2.24, 2.45) is 0 Å². The summed E-state index contributed by atoms with van der Waals surface area (Å²) in [5, 5.41) is 17.4. The van der Waals surface area contributed by atoms with Gasteiger partial charge in [-0.05, 0) is 18.6 Å². The number of aliphatic hydroxyl groups excluding tert-OH is 1. The van der Waals surface area contributed by atoms with Crippen molar-refractivity contribution in [2.45, 2.75) is 25.7 Å². The molecule has 0 saturated carbocycles. The van der Waals surface area contributed by atoms with Gasteiger partial charge in [-0.2, -0.15) is 0 Å². The zero-order valence-electron chi connectivity index (χ0n) is 8.82. The average Bonchev–Trinajstić information content (AvgIpc) is 2.74. The number of furan rings is 1. The van der Waals surface area contributed by atoms with E-state index in [1.54, 1.807) is 12.1 Å². The van der Waals surface area contributed by atoms with E-state index in [0.717, 1.165) is 12.2 Å². The lowest BCUT2D eigenvalue weighted by atomic mass is 10.3. The first-order chi connectivity index (χ1) is 7.78. The predicted octanol–water partition coefficient (Wildman–Crippen LogP) is -0.110. The van der Waals surface area contributed by atoms with Crippen LogP contribution < -0.4 is 16.0 Å². The highest BCUT2D eigenvalue weighted by Crippen LogP contribution is 2.07. The van der Waals surface area contributed by atoms with Gasteiger partial charge in [0.25, 0.3) is 0 Å². The van der Waals surface area contributed by atoms with E-state index in [4.69, 9.17) is 9.52 Å². The molecule has 6 heteroatoms. The Morgan fingerprint density at radius 1 is 1.50 bits per heavy atom. The molecule has 0 spiro atoms. The molecule has 1 aliphatic rings. The maximum Gasteiger partial charge on any atom is 0.316 e. The van der Waals surface area contributed by atoms with Crippen LogP contribution in [0.5, 0.6) is 0 Å². The standard InChI is InChI=1S/C10H15N3O3/c14-6-8-2-1-7(16-8)5-12-9-3-4-11-10(15)13-9/h1-2,9,12,14H,3-6H2,(H2,11,13,15). The number of rotatable bonds is 4. The average molecular weight is 225 g/mol. The quantitative estimate of drug-likeness (QED) is 0.576. The van der Waals surface area contributed by atoms with Gasteiger partial charge < -0.3 is 20.2 Å². The molecule has 1 atom stereocenters. The first-order valence-electron chi connectivity index (χ1n) is 5.24. The minimum absolute atomic E-state index is 0.0311. The van der Waals surface area contributed by atoms with Gasteiger partial charge in [0.05, 0.1) is 12.7 Å². The lowest BCUT2D eigenvalue weighted by molar-refractivity contribution is 0.221. The van der Waals surface area contributed by atoms with Gasteiger partial charge in [-0.15, -0.1) is 0 Å². The first-order valence-corrected chi connectivity index (χ1v) is 5.24. The maximum absolute atomic E-state index is 11.0. The molecular weight excluding hydrogens is 210 g/mol. The zero-order valence-corrected chi connectivity index (χ0v) is 8.82. The van der Waals surface area contributed by atoms with Gasteiger partial charge in [0.1, 0.15) is 18.1 Å². The van der Waals surface area contributed by atoms with E-state index < -0.39 is 0 Å². The predicted molar refractivity (Wildman–Crippen MR) is 56.4 cm³/mol.